The van der Waals surface area contributed by atoms with Crippen LogP contribution >= 0.6 is 0 Å². The summed E-state index contributed by atoms with van der Waals surface area (Å²) >= 11 is 0. The van der Waals surface area contributed by atoms with Crippen molar-refractivity contribution < 1.29 is 4.79 Å². The number of benzene rings is 2. The first kappa shape index (κ1) is 23.1. The molecule has 31 heavy (non-hydrogen) atoms. The van der Waals surface area contributed by atoms with Gasteiger partial charge in [0.2, 0.25) is 5.91 Å². The molecular formula is C27H37N3O. The van der Waals surface area contributed by atoms with Gasteiger partial charge in [0.05, 0.1) is 17.5 Å². The highest BCUT2D eigenvalue weighted by atomic mass is 16.1. The molecule has 4 heteroatoms. The number of imidazole rings is 1. The van der Waals surface area contributed by atoms with Gasteiger partial charge in [-0.3, -0.25) is 4.79 Å². The van der Waals surface area contributed by atoms with Crippen LogP contribution in [0.4, 0.5) is 0 Å². The van der Waals surface area contributed by atoms with Crippen LogP contribution in [0.2, 0.25) is 0 Å². The number of rotatable bonds is 13. The van der Waals surface area contributed by atoms with Crippen LogP contribution in [0.5, 0.6) is 0 Å². The van der Waals surface area contributed by atoms with Crippen molar-refractivity contribution in [1.29, 1.82) is 0 Å². The van der Waals surface area contributed by atoms with Crippen molar-refractivity contribution in [2.45, 2.75) is 78.2 Å². The van der Waals surface area contributed by atoms with Crippen LogP contribution in [0.1, 0.15) is 68.8 Å². The Kier molecular flexibility index (Phi) is 9.14. The minimum Gasteiger partial charge on any atom is -0.355 e. The minimum absolute atomic E-state index is 0.0732. The molecular weight excluding hydrogens is 382 g/mol. The zero-order chi connectivity index (χ0) is 21.9. The van der Waals surface area contributed by atoms with E-state index >= 15 is 0 Å². The van der Waals surface area contributed by atoms with E-state index in [-0.39, 0.29) is 5.91 Å². The zero-order valence-corrected chi connectivity index (χ0v) is 19.2. The van der Waals surface area contributed by atoms with Gasteiger partial charge < -0.3 is 9.88 Å². The molecule has 3 aromatic rings. The van der Waals surface area contributed by atoms with E-state index in [1.165, 1.54) is 50.5 Å². The summed E-state index contributed by atoms with van der Waals surface area (Å²) in [5, 5.41) is 3.08. The average molecular weight is 420 g/mol. The van der Waals surface area contributed by atoms with Gasteiger partial charge in [0.25, 0.3) is 0 Å². The lowest BCUT2D eigenvalue weighted by molar-refractivity contribution is -0.120. The Morgan fingerprint density at radius 1 is 0.935 bits per heavy atom. The van der Waals surface area contributed by atoms with Gasteiger partial charge in [0, 0.05) is 19.5 Å². The van der Waals surface area contributed by atoms with Crippen LogP contribution < -0.4 is 5.32 Å². The fourth-order valence-corrected chi connectivity index (χ4v) is 4.15. The maximum Gasteiger partial charge on any atom is 0.224 e. The Bertz CT molecular complexity index is 960. The number of hydrogen-bond acceptors (Lipinski definition) is 2. The van der Waals surface area contributed by atoms with Crippen molar-refractivity contribution in [3.05, 3.63) is 65.5 Å². The monoisotopic (exact) mass is 419 g/mol. The minimum atomic E-state index is 0.0732. The van der Waals surface area contributed by atoms with Crippen molar-refractivity contribution in [2.75, 3.05) is 6.54 Å². The van der Waals surface area contributed by atoms with Gasteiger partial charge in [-0.05, 0) is 36.6 Å². The quantitative estimate of drug-likeness (QED) is 0.346. The second-order valence-corrected chi connectivity index (χ2v) is 8.49. The summed E-state index contributed by atoms with van der Waals surface area (Å²) in [5.74, 6) is 1.15. The second-order valence-electron chi connectivity index (χ2n) is 8.49. The van der Waals surface area contributed by atoms with E-state index in [9.17, 15) is 4.79 Å². The number of aryl methyl sites for hydroxylation is 2. The van der Waals surface area contributed by atoms with E-state index in [1.54, 1.807) is 0 Å². The van der Waals surface area contributed by atoms with Gasteiger partial charge in [-0.1, -0.05) is 81.8 Å². The zero-order valence-electron chi connectivity index (χ0n) is 19.2. The van der Waals surface area contributed by atoms with E-state index in [1.807, 2.05) is 24.3 Å². The van der Waals surface area contributed by atoms with E-state index in [0.717, 1.165) is 35.4 Å². The predicted octanol–water partition coefficient (Wildman–Crippen LogP) is 6.00. The van der Waals surface area contributed by atoms with E-state index in [4.69, 9.17) is 4.98 Å². The van der Waals surface area contributed by atoms with Crippen LogP contribution in [0, 0.1) is 6.92 Å². The third-order valence-corrected chi connectivity index (χ3v) is 6.00. The summed E-state index contributed by atoms with van der Waals surface area (Å²) in [4.78, 5) is 17.3. The Morgan fingerprint density at radius 2 is 1.65 bits per heavy atom. The molecule has 166 valence electrons. The molecule has 1 N–H and O–H groups in total. The van der Waals surface area contributed by atoms with Crippen LogP contribution in [0.15, 0.2) is 48.5 Å². The number of carbonyl (C=O) groups is 1. The summed E-state index contributed by atoms with van der Waals surface area (Å²) in [6.07, 6.45) is 10.3. The van der Waals surface area contributed by atoms with Crippen molar-refractivity contribution >= 4 is 16.9 Å². The van der Waals surface area contributed by atoms with Crippen LogP contribution in [-0.2, 0) is 24.2 Å². The Hall–Kier alpha value is -2.62. The molecule has 0 aliphatic rings. The highest BCUT2D eigenvalue weighted by molar-refractivity contribution is 5.79. The Balaban J connectivity index is 1.53. The average Bonchev–Trinajstić information content (AvgIpc) is 3.12. The summed E-state index contributed by atoms with van der Waals surface area (Å²) in [5.41, 5.74) is 4.50. The largest absolute Gasteiger partial charge is 0.355 e. The van der Waals surface area contributed by atoms with Crippen LogP contribution in [0.3, 0.4) is 0 Å². The van der Waals surface area contributed by atoms with Crippen LogP contribution in [-0.4, -0.2) is 22.0 Å². The smallest absolute Gasteiger partial charge is 0.224 e. The number of hydrogen-bond donors (Lipinski definition) is 1. The maximum absolute atomic E-state index is 12.4. The molecule has 0 fully saturated rings. The molecule has 0 saturated heterocycles. The molecule has 1 aromatic heterocycles. The Labute approximate surface area is 187 Å². The third kappa shape index (κ3) is 6.95. The number of nitrogens with one attached hydrogen (secondary N) is 1. The fourth-order valence-electron chi connectivity index (χ4n) is 4.15. The number of para-hydroxylation sites is 2. The molecule has 2 aromatic carbocycles. The van der Waals surface area contributed by atoms with Crippen molar-refractivity contribution in [3.8, 4) is 0 Å². The summed E-state index contributed by atoms with van der Waals surface area (Å²) in [6.45, 7) is 5.93. The van der Waals surface area contributed by atoms with Gasteiger partial charge in [0.1, 0.15) is 5.82 Å². The molecule has 3 rings (SSSR count). The molecule has 4 nitrogen and oxygen atoms in total. The summed E-state index contributed by atoms with van der Waals surface area (Å²) < 4.78 is 2.36. The SMILES string of the molecule is CCCCCCCCCn1c(CCNC(=O)Cc2ccccc2C)nc2ccccc21. The molecule has 1 amide bonds. The van der Waals surface area contributed by atoms with E-state index in [0.29, 0.717) is 13.0 Å². The lowest BCUT2D eigenvalue weighted by Gasteiger charge is -2.11. The predicted molar refractivity (Wildman–Crippen MR) is 129 cm³/mol. The number of amides is 1. The molecule has 0 unspecified atom stereocenters. The topological polar surface area (TPSA) is 46.9 Å². The van der Waals surface area contributed by atoms with Gasteiger partial charge >= 0.3 is 0 Å². The molecule has 0 atom stereocenters. The summed E-state index contributed by atoms with van der Waals surface area (Å²) in [6, 6.07) is 16.4. The van der Waals surface area contributed by atoms with Crippen molar-refractivity contribution in [1.82, 2.24) is 14.9 Å². The van der Waals surface area contributed by atoms with Crippen molar-refractivity contribution in [3.63, 3.8) is 0 Å². The van der Waals surface area contributed by atoms with Gasteiger partial charge in [-0.15, -0.1) is 0 Å². The molecule has 0 aliphatic heterocycles. The van der Waals surface area contributed by atoms with E-state index < -0.39 is 0 Å². The van der Waals surface area contributed by atoms with Crippen molar-refractivity contribution in [2.24, 2.45) is 0 Å². The number of aromatic nitrogens is 2. The molecule has 0 aliphatic carbocycles. The second kappa shape index (κ2) is 12.3. The molecule has 0 saturated carbocycles. The highest BCUT2D eigenvalue weighted by Gasteiger charge is 2.11. The van der Waals surface area contributed by atoms with Gasteiger partial charge in [0.15, 0.2) is 0 Å². The normalized spacial score (nSPS) is 11.2. The Morgan fingerprint density at radius 3 is 2.45 bits per heavy atom. The third-order valence-electron chi connectivity index (χ3n) is 6.00. The molecule has 0 spiro atoms. The standard InChI is InChI=1S/C27H37N3O/c1-3-4-5-6-7-8-13-20-30-25-17-12-11-16-24(25)29-26(30)18-19-28-27(31)21-23-15-10-9-14-22(23)2/h9-12,14-17H,3-8,13,18-21H2,1-2H3,(H,28,31). The van der Waals surface area contributed by atoms with Crippen LogP contribution in [0.25, 0.3) is 11.0 Å². The number of nitrogens with zero attached hydrogens (tertiary/aromatic N) is 2. The van der Waals surface area contributed by atoms with Gasteiger partial charge in [-0.25, -0.2) is 4.98 Å². The number of fused-ring (bicyclic) bond motifs is 1. The first-order valence-corrected chi connectivity index (χ1v) is 11.9. The number of carbonyl (C=O) groups excluding carboxylic acids is 1. The molecule has 1 heterocycles. The van der Waals surface area contributed by atoms with Gasteiger partial charge in [-0.2, -0.15) is 0 Å². The molecule has 0 radical (unpaired) electrons. The first-order valence-electron chi connectivity index (χ1n) is 11.9. The first-order chi connectivity index (χ1) is 15.2. The lowest BCUT2D eigenvalue weighted by Crippen LogP contribution is -2.28. The number of unbranched alkanes of at least 4 members (excludes halogenated alkanes) is 6. The van der Waals surface area contributed by atoms with E-state index in [2.05, 4.69) is 48.0 Å². The maximum atomic E-state index is 12.4. The fraction of sp³-hybridized carbons (Fsp3) is 0.481. The lowest BCUT2D eigenvalue weighted by atomic mass is 10.1. The summed E-state index contributed by atoms with van der Waals surface area (Å²) in [7, 11) is 0. The highest BCUT2D eigenvalue weighted by Crippen LogP contribution is 2.18. The molecule has 0 bridgehead atoms.